The summed E-state index contributed by atoms with van der Waals surface area (Å²) in [5, 5.41) is 3.04. The normalized spacial score (nSPS) is 21.7. The molecule has 5 heteroatoms. The molecule has 1 unspecified atom stereocenters. The number of rotatable bonds is 5. The fourth-order valence-electron chi connectivity index (χ4n) is 3.06. The molecule has 1 N–H and O–H groups in total. The molecule has 2 aliphatic rings. The Balaban J connectivity index is 1.59. The number of furan rings is 1. The summed E-state index contributed by atoms with van der Waals surface area (Å²) in [5.41, 5.74) is 0.640. The lowest BCUT2D eigenvalue weighted by atomic mass is 9.96. The van der Waals surface area contributed by atoms with Crippen molar-refractivity contribution < 1.29 is 14.0 Å². The van der Waals surface area contributed by atoms with Crippen LogP contribution in [-0.2, 0) is 11.2 Å². The zero-order chi connectivity index (χ0) is 15.5. The van der Waals surface area contributed by atoms with Crippen molar-refractivity contribution in [1.82, 2.24) is 10.2 Å². The van der Waals surface area contributed by atoms with Crippen LogP contribution >= 0.6 is 0 Å². The van der Waals surface area contributed by atoms with Gasteiger partial charge in [-0.05, 0) is 37.7 Å². The highest BCUT2D eigenvalue weighted by Crippen LogP contribution is 2.28. The average molecular weight is 304 g/mol. The molecule has 1 aromatic heterocycles. The van der Waals surface area contributed by atoms with Gasteiger partial charge >= 0.3 is 0 Å². The molecule has 2 heterocycles. The van der Waals surface area contributed by atoms with Crippen molar-refractivity contribution in [2.45, 2.75) is 39.0 Å². The molecule has 22 heavy (non-hydrogen) atoms. The van der Waals surface area contributed by atoms with Crippen molar-refractivity contribution in [3.8, 4) is 0 Å². The maximum atomic E-state index is 12.6. The minimum atomic E-state index is -0.0755. The van der Waals surface area contributed by atoms with Crippen LogP contribution in [0, 0.1) is 11.8 Å². The van der Waals surface area contributed by atoms with Crippen LogP contribution in [0.2, 0.25) is 0 Å². The van der Waals surface area contributed by atoms with E-state index < -0.39 is 0 Å². The highest BCUT2D eigenvalue weighted by atomic mass is 16.3. The van der Waals surface area contributed by atoms with E-state index in [4.69, 9.17) is 4.42 Å². The molecular weight excluding hydrogens is 280 g/mol. The lowest BCUT2D eigenvalue weighted by molar-refractivity contribution is -0.126. The molecule has 1 aliphatic carbocycles. The Morgan fingerprint density at radius 3 is 2.91 bits per heavy atom. The SMILES string of the molecule is CCc1occc1C(=O)N1CCCC(C(=O)NCC2CC2)C1. The topological polar surface area (TPSA) is 62.6 Å². The lowest BCUT2D eigenvalue weighted by Gasteiger charge is -2.32. The van der Waals surface area contributed by atoms with Crippen LogP contribution in [0.3, 0.4) is 0 Å². The van der Waals surface area contributed by atoms with Gasteiger partial charge < -0.3 is 14.6 Å². The average Bonchev–Trinajstić information content (AvgIpc) is 3.26. The number of hydrogen-bond acceptors (Lipinski definition) is 3. The fourth-order valence-corrected chi connectivity index (χ4v) is 3.06. The monoisotopic (exact) mass is 304 g/mol. The van der Waals surface area contributed by atoms with E-state index in [0.717, 1.165) is 31.7 Å². The molecule has 2 fully saturated rings. The summed E-state index contributed by atoms with van der Waals surface area (Å²) >= 11 is 0. The van der Waals surface area contributed by atoms with E-state index in [2.05, 4.69) is 5.32 Å². The van der Waals surface area contributed by atoms with Gasteiger partial charge in [-0.3, -0.25) is 9.59 Å². The zero-order valence-corrected chi connectivity index (χ0v) is 13.1. The van der Waals surface area contributed by atoms with E-state index in [1.807, 2.05) is 6.92 Å². The van der Waals surface area contributed by atoms with E-state index in [-0.39, 0.29) is 17.7 Å². The molecule has 1 aliphatic heterocycles. The van der Waals surface area contributed by atoms with Crippen LogP contribution in [0.1, 0.15) is 48.7 Å². The molecule has 1 saturated heterocycles. The van der Waals surface area contributed by atoms with Gasteiger partial charge in [-0.15, -0.1) is 0 Å². The van der Waals surface area contributed by atoms with Gasteiger partial charge in [0, 0.05) is 26.1 Å². The first-order chi connectivity index (χ1) is 10.7. The van der Waals surface area contributed by atoms with E-state index in [1.165, 1.54) is 12.8 Å². The number of aryl methyl sites for hydroxylation is 1. The maximum Gasteiger partial charge on any atom is 0.257 e. The number of nitrogens with zero attached hydrogens (tertiary/aromatic N) is 1. The standard InChI is InChI=1S/C17H24N2O3/c1-2-15-14(7-9-22-15)17(21)19-8-3-4-13(11-19)16(20)18-10-12-5-6-12/h7,9,12-13H,2-6,8,10-11H2,1H3,(H,18,20). The Kier molecular flexibility index (Phi) is 4.50. The van der Waals surface area contributed by atoms with E-state index in [1.54, 1.807) is 17.2 Å². The van der Waals surface area contributed by atoms with Crippen LogP contribution in [0.15, 0.2) is 16.7 Å². The number of piperidine rings is 1. The Morgan fingerprint density at radius 1 is 1.36 bits per heavy atom. The quantitative estimate of drug-likeness (QED) is 0.907. The molecule has 1 aromatic rings. The summed E-state index contributed by atoms with van der Waals surface area (Å²) in [6.07, 6.45) is 6.48. The predicted molar refractivity (Wildman–Crippen MR) is 82.4 cm³/mol. The summed E-state index contributed by atoms with van der Waals surface area (Å²) in [6.45, 7) is 4.01. The summed E-state index contributed by atoms with van der Waals surface area (Å²) in [5.74, 6) is 1.43. The van der Waals surface area contributed by atoms with Crippen LogP contribution in [0.4, 0.5) is 0 Å². The molecule has 0 aromatic carbocycles. The highest BCUT2D eigenvalue weighted by molar-refractivity contribution is 5.95. The first kappa shape index (κ1) is 15.1. The molecule has 1 saturated carbocycles. The largest absolute Gasteiger partial charge is 0.469 e. The molecular formula is C17H24N2O3. The smallest absolute Gasteiger partial charge is 0.257 e. The van der Waals surface area contributed by atoms with E-state index in [9.17, 15) is 9.59 Å². The van der Waals surface area contributed by atoms with E-state index in [0.29, 0.717) is 24.4 Å². The van der Waals surface area contributed by atoms with Crippen molar-refractivity contribution in [2.24, 2.45) is 11.8 Å². The van der Waals surface area contributed by atoms with Gasteiger partial charge in [0.1, 0.15) is 5.76 Å². The predicted octanol–water partition coefficient (Wildman–Crippen LogP) is 2.22. The minimum Gasteiger partial charge on any atom is -0.469 e. The third-order valence-electron chi connectivity index (χ3n) is 4.64. The summed E-state index contributed by atoms with van der Waals surface area (Å²) in [6, 6.07) is 1.73. The Labute approximate surface area is 131 Å². The van der Waals surface area contributed by atoms with Gasteiger partial charge in [0.2, 0.25) is 5.91 Å². The summed E-state index contributed by atoms with van der Waals surface area (Å²) in [7, 11) is 0. The van der Waals surface area contributed by atoms with Crippen molar-refractivity contribution >= 4 is 11.8 Å². The molecule has 0 bridgehead atoms. The van der Waals surface area contributed by atoms with Gasteiger partial charge in [-0.2, -0.15) is 0 Å². The number of carbonyl (C=O) groups excluding carboxylic acids is 2. The van der Waals surface area contributed by atoms with Gasteiger partial charge in [-0.1, -0.05) is 6.92 Å². The van der Waals surface area contributed by atoms with Crippen molar-refractivity contribution in [1.29, 1.82) is 0 Å². The first-order valence-corrected chi connectivity index (χ1v) is 8.32. The Bertz CT molecular complexity index is 548. The molecule has 120 valence electrons. The third-order valence-corrected chi connectivity index (χ3v) is 4.64. The molecule has 5 nitrogen and oxygen atoms in total. The van der Waals surface area contributed by atoms with Gasteiger partial charge in [0.15, 0.2) is 0 Å². The molecule has 0 radical (unpaired) electrons. The second kappa shape index (κ2) is 6.55. The minimum absolute atomic E-state index is 0.00899. The van der Waals surface area contributed by atoms with Crippen LogP contribution in [0.5, 0.6) is 0 Å². The third kappa shape index (κ3) is 3.34. The van der Waals surface area contributed by atoms with Crippen molar-refractivity contribution in [3.63, 3.8) is 0 Å². The van der Waals surface area contributed by atoms with Gasteiger partial charge in [0.05, 0.1) is 17.7 Å². The van der Waals surface area contributed by atoms with Crippen LogP contribution in [0.25, 0.3) is 0 Å². The number of nitrogens with one attached hydrogen (secondary N) is 1. The maximum absolute atomic E-state index is 12.6. The number of carbonyl (C=O) groups is 2. The Hall–Kier alpha value is -1.78. The van der Waals surface area contributed by atoms with E-state index >= 15 is 0 Å². The Morgan fingerprint density at radius 2 is 2.18 bits per heavy atom. The number of amides is 2. The van der Waals surface area contributed by atoms with Crippen molar-refractivity contribution in [3.05, 3.63) is 23.7 Å². The van der Waals surface area contributed by atoms with Gasteiger partial charge in [-0.25, -0.2) is 0 Å². The molecule has 1 atom stereocenters. The van der Waals surface area contributed by atoms with Gasteiger partial charge in [0.25, 0.3) is 5.91 Å². The second-order valence-corrected chi connectivity index (χ2v) is 6.39. The van der Waals surface area contributed by atoms with Crippen LogP contribution < -0.4 is 5.32 Å². The molecule has 0 spiro atoms. The number of hydrogen-bond donors (Lipinski definition) is 1. The van der Waals surface area contributed by atoms with Crippen LogP contribution in [-0.4, -0.2) is 36.3 Å². The lowest BCUT2D eigenvalue weighted by Crippen LogP contribution is -2.45. The summed E-state index contributed by atoms with van der Waals surface area (Å²) in [4.78, 5) is 26.7. The zero-order valence-electron chi connectivity index (χ0n) is 13.1. The molecule has 2 amide bonds. The highest BCUT2D eigenvalue weighted by Gasteiger charge is 2.31. The second-order valence-electron chi connectivity index (χ2n) is 6.39. The summed E-state index contributed by atoms with van der Waals surface area (Å²) < 4.78 is 5.35. The molecule has 3 rings (SSSR count). The van der Waals surface area contributed by atoms with Crippen molar-refractivity contribution in [2.75, 3.05) is 19.6 Å². The number of likely N-dealkylation sites (tertiary alicyclic amines) is 1. The fraction of sp³-hybridized carbons (Fsp3) is 0.647. The first-order valence-electron chi connectivity index (χ1n) is 8.32.